The molecule has 11 rings (SSSR count). The average Bonchev–Trinajstić information content (AvgIpc) is 3.66. The number of hydrogen-bond donors (Lipinski definition) is 0. The lowest BCUT2D eigenvalue weighted by atomic mass is 9.79. The summed E-state index contributed by atoms with van der Waals surface area (Å²) in [4.78, 5) is 10.4. The molecular weight excluding hydrogens is 739 g/mol. The van der Waals surface area contributed by atoms with Crippen LogP contribution in [0.2, 0.25) is 0 Å². The monoisotopic (exact) mass is 779 g/mol. The van der Waals surface area contributed by atoms with Gasteiger partial charge >= 0.3 is 0 Å². The van der Waals surface area contributed by atoms with Crippen molar-refractivity contribution >= 4 is 32.7 Å². The number of para-hydroxylation sites is 1. The van der Waals surface area contributed by atoms with Gasteiger partial charge in [0.1, 0.15) is 0 Å². The normalized spacial score (nSPS) is 11.4. The fourth-order valence-electron chi connectivity index (χ4n) is 9.24. The van der Waals surface area contributed by atoms with E-state index in [9.17, 15) is 0 Å². The molecular formula is C58H41N3. The van der Waals surface area contributed by atoms with Crippen molar-refractivity contribution < 1.29 is 0 Å². The van der Waals surface area contributed by atoms with E-state index in [0.717, 1.165) is 50.0 Å². The lowest BCUT2D eigenvalue weighted by Gasteiger charge is -2.25. The van der Waals surface area contributed by atoms with Crippen LogP contribution in [0.25, 0.3) is 105 Å². The van der Waals surface area contributed by atoms with Gasteiger partial charge in [-0.25, -0.2) is 9.97 Å². The molecule has 288 valence electrons. The Hall–Kier alpha value is -7.88. The number of fused-ring (bicyclic) bond motifs is 4. The lowest BCUT2D eigenvalue weighted by Crippen LogP contribution is -2.03. The minimum atomic E-state index is 0.711. The molecule has 0 unspecified atom stereocenters. The van der Waals surface area contributed by atoms with E-state index < -0.39 is 0 Å². The van der Waals surface area contributed by atoms with E-state index in [0.29, 0.717) is 5.82 Å². The first-order chi connectivity index (χ1) is 30.1. The molecule has 0 atom stereocenters. The van der Waals surface area contributed by atoms with Crippen LogP contribution in [0.15, 0.2) is 212 Å². The third-order valence-corrected chi connectivity index (χ3v) is 12.3. The topological polar surface area (TPSA) is 30.7 Å². The van der Waals surface area contributed by atoms with Gasteiger partial charge in [0.25, 0.3) is 0 Å². The molecule has 9 aromatic carbocycles. The van der Waals surface area contributed by atoms with Gasteiger partial charge in [0.05, 0.1) is 16.6 Å². The SMILES string of the molecule is Cc1c(C)c(-c2ccccc2)c(-c2ncc3ccccc3n2)c(-c2ccc(-n3c4ccc(-c5ccccc5)cc4c4cc(-c5ccccc5)ccc43)cc2)c1-c1ccccc1. The van der Waals surface area contributed by atoms with Gasteiger partial charge in [0, 0.05) is 39.2 Å². The Labute approximate surface area is 355 Å². The van der Waals surface area contributed by atoms with E-state index in [1.807, 2.05) is 18.3 Å². The van der Waals surface area contributed by atoms with Crippen LogP contribution < -0.4 is 0 Å². The molecule has 0 saturated carbocycles. The van der Waals surface area contributed by atoms with Crippen LogP contribution in [0.4, 0.5) is 0 Å². The highest BCUT2D eigenvalue weighted by Gasteiger charge is 2.26. The summed E-state index contributed by atoms with van der Waals surface area (Å²) < 4.78 is 2.42. The van der Waals surface area contributed by atoms with E-state index in [-0.39, 0.29) is 0 Å². The summed E-state index contributed by atoms with van der Waals surface area (Å²) >= 11 is 0. The molecule has 0 spiro atoms. The van der Waals surface area contributed by atoms with Gasteiger partial charge in [0.15, 0.2) is 5.82 Å². The number of aromatic nitrogens is 3. The molecule has 0 aliphatic heterocycles. The van der Waals surface area contributed by atoms with Crippen LogP contribution in [0.5, 0.6) is 0 Å². The molecule has 0 N–H and O–H groups in total. The Morgan fingerprint density at radius 3 is 1.31 bits per heavy atom. The molecule has 3 nitrogen and oxygen atoms in total. The first kappa shape index (κ1) is 36.2. The van der Waals surface area contributed by atoms with Gasteiger partial charge in [-0.05, 0) is 118 Å². The number of rotatable bonds is 7. The van der Waals surface area contributed by atoms with Crippen molar-refractivity contribution in [2.75, 3.05) is 0 Å². The fourth-order valence-corrected chi connectivity index (χ4v) is 9.24. The van der Waals surface area contributed by atoms with Crippen LogP contribution in [-0.4, -0.2) is 14.5 Å². The largest absolute Gasteiger partial charge is 0.309 e. The van der Waals surface area contributed by atoms with Crippen molar-refractivity contribution in [1.82, 2.24) is 14.5 Å². The Morgan fingerprint density at radius 1 is 0.361 bits per heavy atom. The minimum Gasteiger partial charge on any atom is -0.309 e. The second-order valence-electron chi connectivity index (χ2n) is 15.8. The number of nitrogens with zero attached hydrogens (tertiary/aromatic N) is 3. The van der Waals surface area contributed by atoms with E-state index in [2.05, 4.69) is 213 Å². The third-order valence-electron chi connectivity index (χ3n) is 12.3. The quantitative estimate of drug-likeness (QED) is 0.161. The average molecular weight is 780 g/mol. The van der Waals surface area contributed by atoms with Gasteiger partial charge in [-0.15, -0.1) is 0 Å². The summed E-state index contributed by atoms with van der Waals surface area (Å²) in [5.41, 5.74) is 19.5. The van der Waals surface area contributed by atoms with Crippen molar-refractivity contribution in [3.05, 3.63) is 224 Å². The predicted molar refractivity (Wildman–Crippen MR) is 256 cm³/mol. The zero-order valence-corrected chi connectivity index (χ0v) is 34.0. The van der Waals surface area contributed by atoms with Crippen LogP contribution >= 0.6 is 0 Å². The van der Waals surface area contributed by atoms with Crippen LogP contribution in [0.3, 0.4) is 0 Å². The lowest BCUT2D eigenvalue weighted by molar-refractivity contribution is 1.18. The highest BCUT2D eigenvalue weighted by atomic mass is 15.0. The molecule has 0 radical (unpaired) electrons. The Balaban J connectivity index is 1.16. The molecule has 2 heterocycles. The maximum atomic E-state index is 5.29. The van der Waals surface area contributed by atoms with Gasteiger partial charge < -0.3 is 4.57 Å². The number of hydrogen-bond acceptors (Lipinski definition) is 2. The van der Waals surface area contributed by atoms with Crippen LogP contribution in [-0.2, 0) is 0 Å². The third kappa shape index (κ3) is 6.30. The maximum absolute atomic E-state index is 5.29. The minimum absolute atomic E-state index is 0.711. The zero-order chi connectivity index (χ0) is 40.9. The summed E-state index contributed by atoms with van der Waals surface area (Å²) in [7, 11) is 0. The Kier molecular flexibility index (Phi) is 8.94. The van der Waals surface area contributed by atoms with Gasteiger partial charge in [0.2, 0.25) is 0 Å². The first-order valence-corrected chi connectivity index (χ1v) is 20.9. The summed E-state index contributed by atoms with van der Waals surface area (Å²) in [6.07, 6.45) is 1.96. The van der Waals surface area contributed by atoms with Gasteiger partial charge in [-0.3, -0.25) is 0 Å². The molecule has 3 heteroatoms. The molecule has 2 aromatic heterocycles. The Morgan fingerprint density at radius 2 is 0.787 bits per heavy atom. The Bertz CT molecular complexity index is 3290. The number of benzene rings is 9. The molecule has 11 aromatic rings. The van der Waals surface area contributed by atoms with Crippen molar-refractivity contribution in [3.8, 4) is 72.7 Å². The van der Waals surface area contributed by atoms with Crippen LogP contribution in [0.1, 0.15) is 11.1 Å². The van der Waals surface area contributed by atoms with E-state index in [1.165, 1.54) is 60.8 Å². The summed E-state index contributed by atoms with van der Waals surface area (Å²) in [5.74, 6) is 0.711. The van der Waals surface area contributed by atoms with Crippen molar-refractivity contribution in [2.24, 2.45) is 0 Å². The second kappa shape index (κ2) is 15.1. The fraction of sp³-hybridized carbons (Fsp3) is 0.0345. The van der Waals surface area contributed by atoms with Gasteiger partial charge in [-0.2, -0.15) is 0 Å². The highest BCUT2D eigenvalue weighted by molar-refractivity contribution is 6.12. The maximum Gasteiger partial charge on any atom is 0.161 e. The zero-order valence-electron chi connectivity index (χ0n) is 34.0. The molecule has 0 aliphatic carbocycles. The first-order valence-electron chi connectivity index (χ1n) is 20.9. The second-order valence-corrected chi connectivity index (χ2v) is 15.8. The van der Waals surface area contributed by atoms with E-state index in [4.69, 9.17) is 9.97 Å². The summed E-state index contributed by atoms with van der Waals surface area (Å²) in [5, 5.41) is 3.47. The summed E-state index contributed by atoms with van der Waals surface area (Å²) in [6.45, 7) is 4.51. The predicted octanol–water partition coefficient (Wildman–Crippen LogP) is 15.3. The van der Waals surface area contributed by atoms with Crippen molar-refractivity contribution in [2.45, 2.75) is 13.8 Å². The molecule has 0 aliphatic rings. The van der Waals surface area contributed by atoms with Crippen molar-refractivity contribution in [1.29, 1.82) is 0 Å². The molecule has 61 heavy (non-hydrogen) atoms. The molecule has 0 fully saturated rings. The summed E-state index contributed by atoms with van der Waals surface area (Å²) in [6, 6.07) is 74.0. The molecule has 0 saturated heterocycles. The molecule has 0 bridgehead atoms. The van der Waals surface area contributed by atoms with E-state index in [1.54, 1.807) is 0 Å². The molecule has 0 amide bonds. The smallest absolute Gasteiger partial charge is 0.161 e. The standard InChI is InChI=1S/C58H41N3/c1-38-39(2)55(43-23-13-6-14-24-43)57(58-59-37-47-25-15-16-26-51(47)60-58)56(54(38)42-21-11-5-12-22-42)44-27-31-48(32-28-44)61-52-33-29-45(40-17-7-3-8-18-40)35-49(52)50-36-46(30-34-53(50)61)41-19-9-4-10-20-41/h3-37H,1-2H3. The van der Waals surface area contributed by atoms with Crippen molar-refractivity contribution in [3.63, 3.8) is 0 Å². The highest BCUT2D eigenvalue weighted by Crippen LogP contribution is 2.49. The van der Waals surface area contributed by atoms with Gasteiger partial charge in [-0.1, -0.05) is 164 Å². The van der Waals surface area contributed by atoms with E-state index >= 15 is 0 Å². The van der Waals surface area contributed by atoms with Crippen LogP contribution in [0, 0.1) is 13.8 Å².